The number of carbonyl (C=O) groups excluding carboxylic acids is 2. The van der Waals surface area contributed by atoms with E-state index >= 15 is 0 Å². The number of nitrogens with zero attached hydrogens (tertiary/aromatic N) is 4. The maximum absolute atomic E-state index is 11.6. The third-order valence-electron chi connectivity index (χ3n) is 4.86. The predicted molar refractivity (Wildman–Crippen MR) is 106 cm³/mol. The van der Waals surface area contributed by atoms with Gasteiger partial charge in [0.05, 0.1) is 6.54 Å². The zero-order chi connectivity index (χ0) is 19.4. The summed E-state index contributed by atoms with van der Waals surface area (Å²) in [6, 6.07) is 5.63. The largest absolute Gasteiger partial charge is 0.368 e. The summed E-state index contributed by atoms with van der Waals surface area (Å²) in [5, 5.41) is 6.51. The summed E-state index contributed by atoms with van der Waals surface area (Å²) in [5.74, 6) is 0.590. The van der Waals surface area contributed by atoms with Crippen molar-refractivity contribution in [2.45, 2.75) is 6.92 Å². The minimum absolute atomic E-state index is 0.0818. The van der Waals surface area contributed by atoms with Crippen molar-refractivity contribution in [1.82, 2.24) is 20.4 Å². The van der Waals surface area contributed by atoms with Crippen molar-refractivity contribution in [2.75, 3.05) is 57.8 Å². The molecule has 2 fully saturated rings. The summed E-state index contributed by atoms with van der Waals surface area (Å²) >= 11 is 6.15. The number of imide groups is 1. The van der Waals surface area contributed by atoms with E-state index in [1.165, 1.54) is 16.2 Å². The lowest BCUT2D eigenvalue weighted by atomic mass is 10.1. The van der Waals surface area contributed by atoms with Gasteiger partial charge in [-0.1, -0.05) is 17.7 Å². The van der Waals surface area contributed by atoms with Gasteiger partial charge >= 0.3 is 6.03 Å². The first-order valence-electron chi connectivity index (χ1n) is 9.04. The first-order chi connectivity index (χ1) is 13.0. The molecule has 0 bridgehead atoms. The van der Waals surface area contributed by atoms with Gasteiger partial charge in [0.25, 0.3) is 0 Å². The van der Waals surface area contributed by atoms with Crippen LogP contribution in [0.2, 0.25) is 5.02 Å². The molecule has 0 atom stereocenters. The summed E-state index contributed by atoms with van der Waals surface area (Å²) in [5.41, 5.74) is 2.38. The number of aliphatic imine (C=N–C) groups is 1. The number of benzene rings is 1. The molecule has 1 aromatic rings. The van der Waals surface area contributed by atoms with Crippen molar-refractivity contribution in [1.29, 1.82) is 0 Å². The van der Waals surface area contributed by atoms with Crippen LogP contribution in [-0.4, -0.2) is 80.6 Å². The highest BCUT2D eigenvalue weighted by Crippen LogP contribution is 2.25. The average Bonchev–Trinajstić information content (AvgIpc) is 2.99. The molecule has 2 heterocycles. The lowest BCUT2D eigenvalue weighted by Crippen LogP contribution is -2.53. The van der Waals surface area contributed by atoms with Gasteiger partial charge in [-0.25, -0.2) is 4.79 Å². The molecule has 2 aliphatic heterocycles. The van der Waals surface area contributed by atoms with Gasteiger partial charge in [0.1, 0.15) is 0 Å². The fraction of sp³-hybridized carbons (Fsp3) is 0.500. The number of halogens is 1. The summed E-state index contributed by atoms with van der Waals surface area (Å²) in [7, 11) is 1.74. The zero-order valence-corrected chi connectivity index (χ0v) is 16.4. The van der Waals surface area contributed by atoms with Crippen LogP contribution in [0, 0.1) is 6.92 Å². The molecule has 3 rings (SSSR count). The monoisotopic (exact) mass is 392 g/mol. The second-order valence-electron chi connectivity index (χ2n) is 6.58. The van der Waals surface area contributed by atoms with E-state index in [1.54, 1.807) is 7.05 Å². The molecular weight excluding hydrogens is 368 g/mol. The lowest BCUT2D eigenvalue weighted by Gasteiger charge is -2.38. The van der Waals surface area contributed by atoms with E-state index < -0.39 is 0 Å². The molecule has 9 heteroatoms. The Labute approximate surface area is 164 Å². The van der Waals surface area contributed by atoms with E-state index in [1.807, 2.05) is 18.2 Å². The van der Waals surface area contributed by atoms with Crippen molar-refractivity contribution in [3.63, 3.8) is 0 Å². The van der Waals surface area contributed by atoms with E-state index in [-0.39, 0.29) is 18.5 Å². The number of hydrogen-bond donors (Lipinski definition) is 2. The highest BCUT2D eigenvalue weighted by molar-refractivity contribution is 6.30. The van der Waals surface area contributed by atoms with Gasteiger partial charge in [-0.2, -0.15) is 0 Å². The van der Waals surface area contributed by atoms with Crippen molar-refractivity contribution >= 4 is 35.2 Å². The Kier molecular flexibility index (Phi) is 6.05. The molecule has 0 aliphatic carbocycles. The van der Waals surface area contributed by atoms with Crippen molar-refractivity contribution in [3.8, 4) is 0 Å². The van der Waals surface area contributed by atoms with Crippen molar-refractivity contribution in [2.24, 2.45) is 4.99 Å². The molecule has 0 radical (unpaired) electrons. The number of nitrogens with one attached hydrogen (secondary N) is 2. The molecule has 0 saturated carbocycles. The number of rotatable bonds is 4. The van der Waals surface area contributed by atoms with Crippen LogP contribution < -0.4 is 15.5 Å². The Morgan fingerprint density at radius 3 is 2.63 bits per heavy atom. The molecule has 3 amide bonds. The standard InChI is InChI=1S/C18H25ClN6O2/c1-13-3-4-14(19)11-15(13)23-7-9-24(10-8-23)17(20-2)21-5-6-25-16(26)12-22-18(25)27/h3-4,11H,5-10,12H2,1-2H3,(H,20,21)(H,22,27). The minimum Gasteiger partial charge on any atom is -0.368 e. The number of carbonyl (C=O) groups is 2. The average molecular weight is 393 g/mol. The van der Waals surface area contributed by atoms with Gasteiger partial charge in [0.2, 0.25) is 5.91 Å². The Hall–Kier alpha value is -2.48. The number of amides is 3. The fourth-order valence-electron chi connectivity index (χ4n) is 3.38. The van der Waals surface area contributed by atoms with Crippen LogP contribution in [0.25, 0.3) is 0 Å². The topological polar surface area (TPSA) is 80.3 Å². The Bertz CT molecular complexity index is 729. The number of anilines is 1. The second kappa shape index (κ2) is 8.47. The highest BCUT2D eigenvalue weighted by Gasteiger charge is 2.28. The number of urea groups is 1. The van der Waals surface area contributed by atoms with Crippen LogP contribution in [0.4, 0.5) is 10.5 Å². The second-order valence-corrected chi connectivity index (χ2v) is 7.02. The van der Waals surface area contributed by atoms with Crippen LogP contribution in [0.5, 0.6) is 0 Å². The summed E-state index contributed by atoms with van der Waals surface area (Å²) in [4.78, 5) is 33.2. The van der Waals surface area contributed by atoms with Crippen LogP contribution in [0.3, 0.4) is 0 Å². The Morgan fingerprint density at radius 2 is 2.00 bits per heavy atom. The number of hydrogen-bond acceptors (Lipinski definition) is 4. The summed E-state index contributed by atoms with van der Waals surface area (Å²) in [6.45, 7) is 6.37. The first-order valence-corrected chi connectivity index (χ1v) is 9.42. The SMILES string of the molecule is CN=C(NCCN1C(=O)CNC1=O)N1CCN(c2cc(Cl)ccc2C)CC1. The van der Waals surface area contributed by atoms with Gasteiger partial charge in [-0.3, -0.25) is 14.7 Å². The third-order valence-corrected chi connectivity index (χ3v) is 5.09. The van der Waals surface area contributed by atoms with E-state index in [0.717, 1.165) is 37.2 Å². The van der Waals surface area contributed by atoms with Crippen molar-refractivity contribution < 1.29 is 9.59 Å². The Morgan fingerprint density at radius 1 is 1.26 bits per heavy atom. The minimum atomic E-state index is -0.331. The Balaban J connectivity index is 1.51. The number of aryl methyl sites for hydroxylation is 1. The third kappa shape index (κ3) is 4.44. The fourth-order valence-corrected chi connectivity index (χ4v) is 3.54. The first kappa shape index (κ1) is 19.3. The van der Waals surface area contributed by atoms with Crippen LogP contribution >= 0.6 is 11.6 Å². The van der Waals surface area contributed by atoms with Gasteiger partial charge in [0, 0.05) is 57.0 Å². The van der Waals surface area contributed by atoms with Crippen LogP contribution in [0.15, 0.2) is 23.2 Å². The molecule has 0 aromatic heterocycles. The number of piperazine rings is 1. The quantitative estimate of drug-likeness (QED) is 0.452. The van der Waals surface area contributed by atoms with Gasteiger partial charge < -0.3 is 20.4 Å². The molecule has 27 heavy (non-hydrogen) atoms. The molecule has 2 aliphatic rings. The van der Waals surface area contributed by atoms with Crippen molar-refractivity contribution in [3.05, 3.63) is 28.8 Å². The highest BCUT2D eigenvalue weighted by atomic mass is 35.5. The lowest BCUT2D eigenvalue weighted by molar-refractivity contribution is -0.124. The summed E-state index contributed by atoms with van der Waals surface area (Å²) in [6.07, 6.45) is 0. The van der Waals surface area contributed by atoms with E-state index in [2.05, 4.69) is 32.3 Å². The molecular formula is C18H25ClN6O2. The van der Waals surface area contributed by atoms with E-state index in [4.69, 9.17) is 11.6 Å². The zero-order valence-electron chi connectivity index (χ0n) is 15.7. The number of guanidine groups is 1. The van der Waals surface area contributed by atoms with E-state index in [9.17, 15) is 9.59 Å². The summed E-state index contributed by atoms with van der Waals surface area (Å²) < 4.78 is 0. The van der Waals surface area contributed by atoms with Gasteiger partial charge in [-0.15, -0.1) is 0 Å². The van der Waals surface area contributed by atoms with Gasteiger partial charge in [-0.05, 0) is 24.6 Å². The molecule has 8 nitrogen and oxygen atoms in total. The van der Waals surface area contributed by atoms with Crippen LogP contribution in [-0.2, 0) is 4.79 Å². The molecule has 0 spiro atoms. The molecule has 146 valence electrons. The normalized spacial score (nSPS) is 18.2. The maximum Gasteiger partial charge on any atom is 0.324 e. The van der Waals surface area contributed by atoms with E-state index in [0.29, 0.717) is 13.1 Å². The molecule has 0 unspecified atom stereocenters. The molecule has 2 N–H and O–H groups in total. The van der Waals surface area contributed by atoms with Crippen LogP contribution in [0.1, 0.15) is 5.56 Å². The maximum atomic E-state index is 11.6. The predicted octanol–water partition coefficient (Wildman–Crippen LogP) is 0.898. The molecule has 2 saturated heterocycles. The molecule has 1 aromatic carbocycles. The smallest absolute Gasteiger partial charge is 0.324 e. The van der Waals surface area contributed by atoms with Gasteiger partial charge in [0.15, 0.2) is 5.96 Å².